The average Bonchev–Trinajstić information content (AvgIpc) is 1.60. The Bertz CT molecular complexity index is 3870. The van der Waals surface area contributed by atoms with Crippen LogP contribution in [-0.2, 0) is 133 Å². The van der Waals surface area contributed by atoms with Gasteiger partial charge in [-0.15, -0.1) is 0 Å². The van der Waals surface area contributed by atoms with E-state index in [9.17, 15) is 82.1 Å². The summed E-state index contributed by atoms with van der Waals surface area (Å²) < 4.78 is 65.9. The first-order chi connectivity index (χ1) is 66.9. The van der Waals surface area contributed by atoms with Gasteiger partial charge in [0.2, 0.25) is 0 Å². The van der Waals surface area contributed by atoms with Crippen LogP contribution in [0.3, 0.4) is 0 Å². The largest absolute Gasteiger partial charge is 0.481 e. The zero-order valence-corrected chi connectivity index (χ0v) is 90.8. The monoisotopic (exact) mass is 2030 g/mol. The Balaban J connectivity index is 0.00000163. The minimum atomic E-state index is -1.14. The third kappa shape index (κ3) is 51.2. The number of aliphatic hydroxyl groups is 2. The summed E-state index contributed by atoms with van der Waals surface area (Å²) in [5.74, 6) is -0.103. The Morgan fingerprint density at radius 1 is 0.364 bits per heavy atom. The fraction of sp³-hybridized carbons (Fsp3) is 0.739. The van der Waals surface area contributed by atoms with Crippen molar-refractivity contribution in [2.75, 3.05) is 59.5 Å². The maximum Gasteiger partial charge on any atom is 0.330 e. The van der Waals surface area contributed by atoms with Gasteiger partial charge in [0.15, 0.2) is 12.2 Å². The highest BCUT2D eigenvalue weighted by Crippen LogP contribution is 2.61. The van der Waals surface area contributed by atoms with E-state index >= 15 is 0 Å². The minimum absolute atomic E-state index is 0.0251. The second-order valence-electron chi connectivity index (χ2n) is 41.7. The molecule has 4 N–H and O–H groups in total. The molecule has 7 rings (SSSR count). The van der Waals surface area contributed by atoms with E-state index in [0.29, 0.717) is 56.0 Å². The molecule has 0 aromatic heterocycles. The molecule has 6 aliphatic carbocycles. The van der Waals surface area contributed by atoms with Gasteiger partial charge >= 0.3 is 89.5 Å². The van der Waals surface area contributed by atoms with Crippen LogP contribution in [0.25, 0.3) is 0 Å². The van der Waals surface area contributed by atoms with Gasteiger partial charge in [-0.05, 0) is 257 Å². The first kappa shape index (κ1) is 133. The van der Waals surface area contributed by atoms with Gasteiger partial charge in [0.05, 0.1) is 70.7 Å². The van der Waals surface area contributed by atoms with Crippen LogP contribution >= 0.6 is 0 Å². The summed E-state index contributed by atoms with van der Waals surface area (Å²) in [6.07, 6.45) is 23.2. The van der Waals surface area contributed by atoms with Crippen LogP contribution in [0.5, 0.6) is 0 Å². The van der Waals surface area contributed by atoms with Crippen molar-refractivity contribution in [2.24, 2.45) is 91.7 Å². The van der Waals surface area contributed by atoms with Crippen LogP contribution in [0.4, 0.5) is 0 Å². The second kappa shape index (κ2) is 68.5. The number of aliphatic hydroxyl groups excluding tert-OH is 2. The van der Waals surface area contributed by atoms with Gasteiger partial charge in [-0.3, -0.25) is 52.7 Å². The Morgan fingerprint density at radius 3 is 0.958 bits per heavy atom. The molecule has 6 aliphatic rings. The van der Waals surface area contributed by atoms with Crippen molar-refractivity contribution in [2.45, 2.75) is 376 Å². The molecular weight excluding hydrogens is 1850 g/mol. The molecule has 32 heteroatoms. The maximum absolute atomic E-state index is 12.2. The van der Waals surface area contributed by atoms with Crippen LogP contribution in [0.2, 0.25) is 0 Å². The van der Waals surface area contributed by atoms with Crippen LogP contribution in [0, 0.1) is 91.7 Å². The summed E-state index contributed by atoms with van der Waals surface area (Å²) in [6.45, 7) is 57.7. The molecule has 0 heterocycles. The van der Waals surface area contributed by atoms with E-state index in [1.807, 2.05) is 69.2 Å². The lowest BCUT2D eigenvalue weighted by molar-refractivity contribution is -0.170. The van der Waals surface area contributed by atoms with Crippen molar-refractivity contribution in [3.8, 4) is 0 Å². The van der Waals surface area contributed by atoms with Crippen molar-refractivity contribution in [3.05, 3.63) is 86.5 Å². The molecule has 0 spiro atoms. The molecule has 0 amide bonds. The van der Waals surface area contributed by atoms with Crippen molar-refractivity contribution < 1.29 is 154 Å². The van der Waals surface area contributed by atoms with E-state index in [2.05, 4.69) is 108 Å². The fourth-order valence-electron chi connectivity index (χ4n) is 15.8. The lowest BCUT2D eigenvalue weighted by atomic mass is 9.80. The van der Waals surface area contributed by atoms with Gasteiger partial charge in [-0.2, -0.15) is 0 Å². The smallest absolute Gasteiger partial charge is 0.330 e. The molecule has 17 unspecified atom stereocenters. The van der Waals surface area contributed by atoms with Crippen molar-refractivity contribution in [3.63, 3.8) is 0 Å². The normalized spacial score (nSPS) is 20.1. The number of carboxylic acids is 2. The van der Waals surface area contributed by atoms with Gasteiger partial charge < -0.3 is 82.0 Å². The molecule has 6 fully saturated rings. The third-order valence-corrected chi connectivity index (χ3v) is 28.5. The van der Waals surface area contributed by atoms with Gasteiger partial charge in [0.1, 0.15) is 77.3 Å². The minimum Gasteiger partial charge on any atom is -0.481 e. The van der Waals surface area contributed by atoms with Crippen LogP contribution in [-0.4, -0.2) is 206 Å². The predicted molar refractivity (Wildman–Crippen MR) is 541 cm³/mol. The molecule has 0 radical (unpaired) electrons. The van der Waals surface area contributed by atoms with E-state index in [1.165, 1.54) is 82.6 Å². The zero-order chi connectivity index (χ0) is 109. The number of aliphatic carboxylic acids is 2. The molecule has 816 valence electrons. The molecule has 32 nitrogen and oxygen atoms in total. The number of rotatable bonds is 52. The Hall–Kier alpha value is -9.85. The average molecular weight is 2030 g/mol. The van der Waals surface area contributed by atoms with E-state index in [1.54, 1.807) is 55.4 Å². The zero-order valence-electron chi connectivity index (χ0n) is 90.8. The van der Waals surface area contributed by atoms with Crippen molar-refractivity contribution in [1.82, 2.24) is 0 Å². The summed E-state index contributed by atoms with van der Waals surface area (Å²) >= 11 is 0. The van der Waals surface area contributed by atoms with Crippen LogP contribution < -0.4 is 0 Å². The van der Waals surface area contributed by atoms with Crippen LogP contribution in [0.1, 0.15) is 345 Å². The Kier molecular flexibility index (Phi) is 63.8. The summed E-state index contributed by atoms with van der Waals surface area (Å²) in [7, 11) is 0. The third-order valence-electron chi connectivity index (χ3n) is 28.5. The number of unbranched alkanes of at least 4 members (excludes halogenated alkanes) is 1. The summed E-state index contributed by atoms with van der Waals surface area (Å²) in [5.41, 5.74) is -1.71. The number of carbonyl (C=O) groups excluding carboxylic acids is 13. The molecule has 1 aromatic rings. The summed E-state index contributed by atoms with van der Waals surface area (Å²) in [4.78, 5) is 170. The maximum atomic E-state index is 12.2. The lowest BCUT2D eigenvalue weighted by Crippen LogP contribution is -2.36. The number of benzene rings is 1. The molecule has 6 saturated carbocycles. The number of carbonyl (C=O) groups is 15. The summed E-state index contributed by atoms with van der Waals surface area (Å²) in [6, 6.07) is 10.6. The number of hydrogen-bond donors (Lipinski definition) is 4. The standard InChI is InChI=1S/2C16H24O8.2C16H26O2.C13H26O2.2C12H20O5.C10H14/c2*1-5-13(19)22-9-11(24-14(20)8-7-12(17)18)10-23-15(21)16(3,4)6-2;2*1-4-16(2,3)15(17)18-14-9-10-8-13(14)12-7-5-6-11(10)12;1-5-8-9-12(7-3)10-15-13(14)11(4)6-2;2*1-5-10(14)16-7-9(13)8-17-11(15)12(3,4)6-2;1-3-9(2)10-7-5-4-6-8-10/h2*5,11H,1,6-10H2,2-4H3,(H,17,18);2*10-14H,4-9H2,1-3H3;11-12H,5-10H2,1-4H3;2*5,9,13H,1,6-8H2,2-4H3;4-9H,3H2,1-2H3. The van der Waals surface area contributed by atoms with Crippen LogP contribution in [0.15, 0.2) is 81.0 Å². The van der Waals surface area contributed by atoms with E-state index in [4.69, 9.17) is 62.3 Å². The SMILES string of the molecule is C=CC(=O)OCC(COC(=O)C(C)(C)CC)OC(=O)CCC(=O)O.C=CC(=O)OCC(COC(=O)C(C)(C)CC)OC(=O)CCC(=O)O.C=CC(=O)OCC(O)COC(=O)C(C)(C)CC.C=CC(=O)OCC(O)COC(=O)C(C)(C)CC.CCC(C)(C)C(=O)OC1CC2CC1C1CCCC21.CCC(C)(C)C(=O)OC1CC2CC1C1CCCC21.CCC(C)c1ccccc1.CCCCC(CC)COC(=O)C(C)CC. The fourth-order valence-corrected chi connectivity index (χ4v) is 15.8. The lowest BCUT2D eigenvalue weighted by Gasteiger charge is -2.33. The second-order valence-corrected chi connectivity index (χ2v) is 41.7. The molecular formula is C111H180O32. The molecule has 1 aromatic carbocycles. The number of esters is 13. The van der Waals surface area contributed by atoms with Gasteiger partial charge in [-0.1, -0.05) is 172 Å². The highest BCUT2D eigenvalue weighted by atomic mass is 16.6. The van der Waals surface area contributed by atoms with Gasteiger partial charge in [-0.25, -0.2) is 19.2 Å². The number of fused-ring (bicyclic) bond motifs is 10. The number of ether oxygens (including phenoxy) is 13. The first-order valence-electron chi connectivity index (χ1n) is 51.6. The molecule has 0 saturated heterocycles. The first-order valence-corrected chi connectivity index (χ1v) is 51.6. The van der Waals surface area contributed by atoms with Crippen molar-refractivity contribution in [1.29, 1.82) is 0 Å². The molecule has 4 bridgehead atoms. The van der Waals surface area contributed by atoms with Gasteiger partial charge in [0.25, 0.3) is 0 Å². The molecule has 0 aliphatic heterocycles. The Morgan fingerprint density at radius 2 is 0.664 bits per heavy atom. The van der Waals surface area contributed by atoms with Gasteiger partial charge in [0, 0.05) is 24.3 Å². The highest BCUT2D eigenvalue weighted by molar-refractivity contribution is 5.84. The van der Waals surface area contributed by atoms with E-state index < -0.39 is 106 Å². The predicted octanol–water partition coefficient (Wildman–Crippen LogP) is 19.6. The molecule has 143 heavy (non-hydrogen) atoms. The number of carboxylic acid groups (broad SMARTS) is 2. The molecule has 17 atom stereocenters. The quantitative estimate of drug-likeness (QED) is 0.0267. The topological polar surface area (TPSA) is 457 Å². The van der Waals surface area contributed by atoms with E-state index in [-0.39, 0.29) is 137 Å². The number of hydrogen-bond acceptors (Lipinski definition) is 30. The Labute approximate surface area is 852 Å². The van der Waals surface area contributed by atoms with Crippen molar-refractivity contribution >= 4 is 89.5 Å². The summed E-state index contributed by atoms with van der Waals surface area (Å²) in [5, 5.41) is 35.9. The highest BCUT2D eigenvalue weighted by Gasteiger charge is 2.57. The van der Waals surface area contributed by atoms with E-state index in [0.717, 1.165) is 98.3 Å².